The number of nitrogens with zero attached hydrogens (tertiary/aromatic N) is 2. The second kappa shape index (κ2) is 4.85. The standard InChI is InChI=1S/C14H18ClN3O/c1-9-4-5-11-10(6-9)17-13(8-15)18(11)14(2,3)7-12(16)19/h4-6H,7-8H2,1-3H3,(H2,16,19). The fourth-order valence-electron chi connectivity index (χ4n) is 2.51. The average Bonchev–Trinajstić information content (AvgIpc) is 2.65. The molecule has 4 nitrogen and oxygen atoms in total. The van der Waals surface area contributed by atoms with E-state index in [1.54, 1.807) is 0 Å². The molecule has 0 spiro atoms. The number of imidazole rings is 1. The summed E-state index contributed by atoms with van der Waals surface area (Å²) in [4.78, 5) is 15.8. The van der Waals surface area contributed by atoms with E-state index in [1.807, 2.05) is 43.5 Å². The Hall–Kier alpha value is -1.55. The van der Waals surface area contributed by atoms with Gasteiger partial charge >= 0.3 is 0 Å². The Morgan fingerprint density at radius 3 is 2.74 bits per heavy atom. The highest BCUT2D eigenvalue weighted by atomic mass is 35.5. The number of aromatic nitrogens is 2. The molecule has 1 aromatic carbocycles. The molecule has 5 heteroatoms. The number of nitrogens with two attached hydrogens (primary N) is 1. The van der Waals surface area contributed by atoms with Gasteiger partial charge in [-0.15, -0.1) is 11.6 Å². The van der Waals surface area contributed by atoms with E-state index in [1.165, 1.54) is 0 Å². The molecule has 0 unspecified atom stereocenters. The predicted molar refractivity (Wildman–Crippen MR) is 77.2 cm³/mol. The first kappa shape index (κ1) is 13.9. The number of carbonyl (C=O) groups excluding carboxylic acids is 1. The maximum absolute atomic E-state index is 11.3. The molecule has 2 N–H and O–H groups in total. The Morgan fingerprint density at radius 1 is 1.47 bits per heavy atom. The number of rotatable bonds is 4. The van der Waals surface area contributed by atoms with E-state index in [2.05, 4.69) is 4.98 Å². The average molecular weight is 280 g/mol. The molecule has 0 aliphatic carbocycles. The number of hydrogen-bond donors (Lipinski definition) is 1. The molecule has 0 fully saturated rings. The molecule has 0 aliphatic rings. The molecule has 102 valence electrons. The normalized spacial score (nSPS) is 12.0. The van der Waals surface area contributed by atoms with Crippen LogP contribution in [-0.2, 0) is 16.2 Å². The number of hydrogen-bond acceptors (Lipinski definition) is 2. The lowest BCUT2D eigenvalue weighted by molar-refractivity contribution is -0.119. The number of amides is 1. The third-order valence-electron chi connectivity index (χ3n) is 3.21. The van der Waals surface area contributed by atoms with Gasteiger partial charge < -0.3 is 10.3 Å². The maximum Gasteiger partial charge on any atom is 0.219 e. The molecule has 1 amide bonds. The van der Waals surface area contributed by atoms with E-state index in [-0.39, 0.29) is 12.3 Å². The van der Waals surface area contributed by atoms with Crippen molar-refractivity contribution in [2.75, 3.05) is 0 Å². The summed E-state index contributed by atoms with van der Waals surface area (Å²) in [5, 5.41) is 0. The molecule has 0 aliphatic heterocycles. The molecule has 1 heterocycles. The SMILES string of the molecule is Cc1ccc2c(c1)nc(CCl)n2C(C)(C)CC(N)=O. The zero-order valence-electron chi connectivity index (χ0n) is 11.4. The van der Waals surface area contributed by atoms with Crippen LogP contribution in [0.15, 0.2) is 18.2 Å². The molecule has 0 saturated heterocycles. The smallest absolute Gasteiger partial charge is 0.219 e. The lowest BCUT2D eigenvalue weighted by Gasteiger charge is -2.28. The van der Waals surface area contributed by atoms with Gasteiger partial charge in [0.2, 0.25) is 5.91 Å². The van der Waals surface area contributed by atoms with Gasteiger partial charge in [0.05, 0.1) is 16.9 Å². The van der Waals surface area contributed by atoms with Gasteiger partial charge in [0.15, 0.2) is 0 Å². The Balaban J connectivity index is 2.66. The van der Waals surface area contributed by atoms with Crippen LogP contribution in [0.1, 0.15) is 31.7 Å². The number of halogens is 1. The van der Waals surface area contributed by atoms with Crippen LogP contribution in [-0.4, -0.2) is 15.5 Å². The van der Waals surface area contributed by atoms with Crippen LogP contribution in [0.3, 0.4) is 0 Å². The molecular weight excluding hydrogens is 262 g/mol. The van der Waals surface area contributed by atoms with Gasteiger partial charge in [-0.3, -0.25) is 4.79 Å². The van der Waals surface area contributed by atoms with Crippen molar-refractivity contribution in [1.29, 1.82) is 0 Å². The molecule has 0 saturated carbocycles. The molecule has 0 radical (unpaired) electrons. The Bertz CT molecular complexity index is 631. The topological polar surface area (TPSA) is 60.9 Å². The first-order valence-electron chi connectivity index (χ1n) is 6.18. The Kier molecular flexibility index (Phi) is 3.54. The molecular formula is C14H18ClN3O. The third kappa shape index (κ3) is 2.59. The van der Waals surface area contributed by atoms with Crippen molar-refractivity contribution >= 4 is 28.5 Å². The quantitative estimate of drug-likeness (QED) is 0.875. The molecule has 19 heavy (non-hydrogen) atoms. The van der Waals surface area contributed by atoms with Crippen LogP contribution >= 0.6 is 11.6 Å². The number of fused-ring (bicyclic) bond motifs is 1. The van der Waals surface area contributed by atoms with Crippen LogP contribution in [0.4, 0.5) is 0 Å². The van der Waals surface area contributed by atoms with Gasteiger partial charge in [0, 0.05) is 12.0 Å². The number of aryl methyl sites for hydroxylation is 1. The highest BCUT2D eigenvalue weighted by molar-refractivity contribution is 6.16. The zero-order valence-corrected chi connectivity index (χ0v) is 12.2. The molecule has 1 aromatic heterocycles. The van der Waals surface area contributed by atoms with Crippen LogP contribution in [0.25, 0.3) is 11.0 Å². The third-order valence-corrected chi connectivity index (χ3v) is 3.45. The summed E-state index contributed by atoms with van der Waals surface area (Å²) in [6, 6.07) is 6.05. The lowest BCUT2D eigenvalue weighted by Crippen LogP contribution is -2.33. The summed E-state index contributed by atoms with van der Waals surface area (Å²) in [7, 11) is 0. The van der Waals surface area contributed by atoms with Crippen LogP contribution in [0.5, 0.6) is 0 Å². The summed E-state index contributed by atoms with van der Waals surface area (Å²) in [6.07, 6.45) is 0.246. The van der Waals surface area contributed by atoms with Gasteiger partial charge in [-0.1, -0.05) is 6.07 Å². The summed E-state index contributed by atoms with van der Waals surface area (Å²) in [5.74, 6) is 0.726. The minimum atomic E-state index is -0.444. The largest absolute Gasteiger partial charge is 0.370 e. The number of carbonyl (C=O) groups is 1. The Labute approximate surface area is 117 Å². The number of benzene rings is 1. The van der Waals surface area contributed by atoms with E-state index < -0.39 is 5.54 Å². The van der Waals surface area contributed by atoms with Crippen LogP contribution in [0, 0.1) is 6.92 Å². The zero-order chi connectivity index (χ0) is 14.2. The number of primary amides is 1. The first-order valence-corrected chi connectivity index (χ1v) is 6.71. The summed E-state index contributed by atoms with van der Waals surface area (Å²) in [6.45, 7) is 5.96. The first-order chi connectivity index (χ1) is 8.85. The fourth-order valence-corrected chi connectivity index (χ4v) is 2.69. The van der Waals surface area contributed by atoms with Crippen molar-refractivity contribution in [2.45, 2.75) is 38.6 Å². The van der Waals surface area contributed by atoms with Gasteiger partial charge in [-0.2, -0.15) is 0 Å². The minimum absolute atomic E-state index is 0.246. The number of alkyl halides is 1. The van der Waals surface area contributed by atoms with Crippen molar-refractivity contribution < 1.29 is 4.79 Å². The summed E-state index contributed by atoms with van der Waals surface area (Å²) >= 11 is 5.99. The van der Waals surface area contributed by atoms with Crippen LogP contribution in [0.2, 0.25) is 0 Å². The van der Waals surface area contributed by atoms with E-state index >= 15 is 0 Å². The van der Waals surface area contributed by atoms with E-state index in [4.69, 9.17) is 17.3 Å². The van der Waals surface area contributed by atoms with E-state index in [0.29, 0.717) is 5.88 Å². The van der Waals surface area contributed by atoms with Gasteiger partial charge in [0.25, 0.3) is 0 Å². The lowest BCUT2D eigenvalue weighted by atomic mass is 9.99. The van der Waals surface area contributed by atoms with Crippen molar-refractivity contribution in [1.82, 2.24) is 9.55 Å². The van der Waals surface area contributed by atoms with Crippen molar-refractivity contribution in [3.8, 4) is 0 Å². The van der Waals surface area contributed by atoms with Crippen molar-refractivity contribution in [3.05, 3.63) is 29.6 Å². The van der Waals surface area contributed by atoms with Crippen molar-refractivity contribution in [2.24, 2.45) is 5.73 Å². The summed E-state index contributed by atoms with van der Waals surface area (Å²) in [5.41, 5.74) is 7.91. The maximum atomic E-state index is 11.3. The predicted octanol–water partition coefficient (Wildman–Crippen LogP) is 2.69. The highest BCUT2D eigenvalue weighted by Gasteiger charge is 2.27. The second-order valence-corrected chi connectivity index (χ2v) is 5.71. The summed E-state index contributed by atoms with van der Waals surface area (Å²) < 4.78 is 2.01. The molecule has 0 atom stereocenters. The molecule has 2 aromatic rings. The van der Waals surface area contributed by atoms with E-state index in [0.717, 1.165) is 22.4 Å². The molecule has 2 rings (SSSR count). The van der Waals surface area contributed by atoms with Gasteiger partial charge in [-0.25, -0.2) is 4.98 Å². The highest BCUT2D eigenvalue weighted by Crippen LogP contribution is 2.29. The van der Waals surface area contributed by atoms with Crippen LogP contribution < -0.4 is 5.73 Å². The fraction of sp³-hybridized carbons (Fsp3) is 0.429. The second-order valence-electron chi connectivity index (χ2n) is 5.44. The Morgan fingerprint density at radius 2 is 2.16 bits per heavy atom. The minimum Gasteiger partial charge on any atom is -0.370 e. The van der Waals surface area contributed by atoms with Gasteiger partial charge in [-0.05, 0) is 38.5 Å². The van der Waals surface area contributed by atoms with E-state index in [9.17, 15) is 4.79 Å². The van der Waals surface area contributed by atoms with Crippen molar-refractivity contribution in [3.63, 3.8) is 0 Å². The molecule has 0 bridgehead atoms. The van der Waals surface area contributed by atoms with Gasteiger partial charge in [0.1, 0.15) is 5.82 Å². The monoisotopic (exact) mass is 279 g/mol.